The Morgan fingerprint density at radius 1 is 1.17 bits per heavy atom. The van der Waals surface area contributed by atoms with E-state index in [9.17, 15) is 4.79 Å². The molecule has 5 heteroatoms. The van der Waals surface area contributed by atoms with Gasteiger partial charge in [0.1, 0.15) is 0 Å². The summed E-state index contributed by atoms with van der Waals surface area (Å²) < 4.78 is 0. The van der Waals surface area contributed by atoms with Gasteiger partial charge in [-0.3, -0.25) is 9.79 Å². The molecule has 24 heavy (non-hydrogen) atoms. The summed E-state index contributed by atoms with van der Waals surface area (Å²) in [6.07, 6.45) is 5.33. The Hall–Kier alpha value is -2.04. The minimum Gasteiger partial charge on any atom is -0.356 e. The Bertz CT molecular complexity index is 539. The monoisotopic (exact) mass is 330 g/mol. The van der Waals surface area contributed by atoms with Gasteiger partial charge in [0, 0.05) is 39.6 Å². The topological polar surface area (TPSA) is 56.7 Å². The SMILES string of the molecule is CCCCCNC(=NC)NCc1ccc(CN2CCCC2=O)cc1. The Labute approximate surface area is 145 Å². The first kappa shape index (κ1) is 18.3. The molecule has 1 aliphatic rings. The average molecular weight is 330 g/mol. The number of rotatable bonds is 8. The van der Waals surface area contributed by atoms with Crippen molar-refractivity contribution in [2.75, 3.05) is 20.1 Å². The highest BCUT2D eigenvalue weighted by atomic mass is 16.2. The highest BCUT2D eigenvalue weighted by Crippen LogP contribution is 2.14. The van der Waals surface area contributed by atoms with E-state index in [0.29, 0.717) is 6.42 Å². The lowest BCUT2D eigenvalue weighted by molar-refractivity contribution is -0.128. The molecule has 0 spiro atoms. The molecule has 1 heterocycles. The number of hydrogen-bond acceptors (Lipinski definition) is 2. The molecule has 1 aliphatic heterocycles. The third kappa shape index (κ3) is 5.87. The summed E-state index contributed by atoms with van der Waals surface area (Å²) >= 11 is 0. The Balaban J connectivity index is 1.75. The first-order valence-electron chi connectivity index (χ1n) is 9.03. The molecule has 0 atom stereocenters. The first-order chi connectivity index (χ1) is 11.7. The highest BCUT2D eigenvalue weighted by molar-refractivity contribution is 5.79. The molecule has 2 N–H and O–H groups in total. The van der Waals surface area contributed by atoms with Gasteiger partial charge in [-0.15, -0.1) is 0 Å². The summed E-state index contributed by atoms with van der Waals surface area (Å²) in [6, 6.07) is 8.46. The van der Waals surface area contributed by atoms with Gasteiger partial charge in [0.2, 0.25) is 5.91 Å². The molecule has 2 rings (SSSR count). The van der Waals surface area contributed by atoms with Crippen LogP contribution in [-0.4, -0.2) is 36.9 Å². The molecule has 1 saturated heterocycles. The lowest BCUT2D eigenvalue weighted by Gasteiger charge is -2.16. The second-order valence-electron chi connectivity index (χ2n) is 6.29. The number of nitrogens with zero attached hydrogens (tertiary/aromatic N) is 2. The third-order valence-electron chi connectivity index (χ3n) is 4.32. The Morgan fingerprint density at radius 3 is 2.54 bits per heavy atom. The van der Waals surface area contributed by atoms with Crippen molar-refractivity contribution < 1.29 is 4.79 Å². The molecule has 132 valence electrons. The Morgan fingerprint density at radius 2 is 1.92 bits per heavy atom. The number of benzene rings is 1. The molecule has 1 aromatic rings. The molecule has 0 aliphatic carbocycles. The van der Waals surface area contributed by atoms with Crippen LogP contribution in [0.15, 0.2) is 29.3 Å². The number of nitrogens with one attached hydrogen (secondary N) is 2. The third-order valence-corrected chi connectivity index (χ3v) is 4.32. The van der Waals surface area contributed by atoms with Crippen LogP contribution in [-0.2, 0) is 17.9 Å². The van der Waals surface area contributed by atoms with Crippen molar-refractivity contribution in [2.45, 2.75) is 52.1 Å². The van der Waals surface area contributed by atoms with Crippen LogP contribution < -0.4 is 10.6 Å². The molecule has 0 bridgehead atoms. The standard InChI is InChI=1S/C19H30N4O/c1-3-4-5-12-21-19(20-2)22-14-16-8-10-17(11-9-16)15-23-13-6-7-18(23)24/h8-11H,3-7,12-15H2,1-2H3,(H2,20,21,22). The van der Waals surface area contributed by atoms with Crippen molar-refractivity contribution in [1.29, 1.82) is 0 Å². The van der Waals surface area contributed by atoms with E-state index < -0.39 is 0 Å². The molecule has 5 nitrogen and oxygen atoms in total. The zero-order valence-electron chi connectivity index (χ0n) is 15.0. The number of amides is 1. The Kier molecular flexibility index (Phi) is 7.59. The number of carbonyl (C=O) groups is 1. The van der Waals surface area contributed by atoms with Gasteiger partial charge in [0.05, 0.1) is 0 Å². The number of carbonyl (C=O) groups excluding carboxylic acids is 1. The van der Waals surface area contributed by atoms with E-state index in [2.05, 4.69) is 46.8 Å². The van der Waals surface area contributed by atoms with Gasteiger partial charge in [0.25, 0.3) is 0 Å². The van der Waals surface area contributed by atoms with Crippen molar-refractivity contribution in [3.8, 4) is 0 Å². The smallest absolute Gasteiger partial charge is 0.222 e. The molecule has 1 aromatic carbocycles. The first-order valence-corrected chi connectivity index (χ1v) is 9.03. The van der Waals surface area contributed by atoms with Gasteiger partial charge < -0.3 is 15.5 Å². The largest absolute Gasteiger partial charge is 0.356 e. The number of aliphatic imine (C=N–C) groups is 1. The zero-order chi connectivity index (χ0) is 17.2. The lowest BCUT2D eigenvalue weighted by Crippen LogP contribution is -2.37. The van der Waals surface area contributed by atoms with Crippen LogP contribution in [0.25, 0.3) is 0 Å². The summed E-state index contributed by atoms with van der Waals surface area (Å²) in [6.45, 7) is 5.53. The van der Waals surface area contributed by atoms with Gasteiger partial charge in [-0.1, -0.05) is 44.0 Å². The van der Waals surface area contributed by atoms with Gasteiger partial charge in [0.15, 0.2) is 5.96 Å². The van der Waals surface area contributed by atoms with Crippen molar-refractivity contribution in [1.82, 2.24) is 15.5 Å². The maximum atomic E-state index is 11.7. The van der Waals surface area contributed by atoms with E-state index in [1.54, 1.807) is 7.05 Å². The van der Waals surface area contributed by atoms with E-state index in [0.717, 1.165) is 38.6 Å². The molecule has 0 aromatic heterocycles. The van der Waals surface area contributed by atoms with Crippen LogP contribution in [0.5, 0.6) is 0 Å². The maximum absolute atomic E-state index is 11.7. The average Bonchev–Trinajstić information content (AvgIpc) is 3.00. The molecule has 0 unspecified atom stereocenters. The second-order valence-corrected chi connectivity index (χ2v) is 6.29. The molecule has 0 saturated carbocycles. The lowest BCUT2D eigenvalue weighted by atomic mass is 10.1. The van der Waals surface area contributed by atoms with E-state index in [-0.39, 0.29) is 5.91 Å². The van der Waals surface area contributed by atoms with Crippen LogP contribution >= 0.6 is 0 Å². The molecular formula is C19H30N4O. The van der Waals surface area contributed by atoms with E-state index in [4.69, 9.17) is 0 Å². The minimum atomic E-state index is 0.277. The fourth-order valence-corrected chi connectivity index (χ4v) is 2.84. The van der Waals surface area contributed by atoms with Crippen molar-refractivity contribution in [3.05, 3.63) is 35.4 Å². The predicted octanol–water partition coefficient (Wildman–Crippen LogP) is 2.66. The number of unbranched alkanes of at least 4 members (excludes halogenated alkanes) is 2. The van der Waals surface area contributed by atoms with Crippen LogP contribution in [0.3, 0.4) is 0 Å². The maximum Gasteiger partial charge on any atom is 0.222 e. The van der Waals surface area contributed by atoms with Gasteiger partial charge in [-0.05, 0) is 24.0 Å². The number of hydrogen-bond donors (Lipinski definition) is 2. The summed E-state index contributed by atoms with van der Waals surface area (Å²) in [5.41, 5.74) is 2.40. The van der Waals surface area contributed by atoms with Gasteiger partial charge in [-0.2, -0.15) is 0 Å². The van der Waals surface area contributed by atoms with Crippen molar-refractivity contribution in [2.24, 2.45) is 4.99 Å². The number of guanidine groups is 1. The molecular weight excluding hydrogens is 300 g/mol. The molecule has 1 fully saturated rings. The van der Waals surface area contributed by atoms with Crippen LogP contribution in [0, 0.1) is 0 Å². The fourth-order valence-electron chi connectivity index (χ4n) is 2.84. The molecule has 1 amide bonds. The van der Waals surface area contributed by atoms with Crippen molar-refractivity contribution >= 4 is 11.9 Å². The quantitative estimate of drug-likeness (QED) is 0.438. The zero-order valence-corrected chi connectivity index (χ0v) is 15.0. The van der Waals surface area contributed by atoms with E-state index in [1.807, 2.05) is 4.90 Å². The summed E-state index contributed by atoms with van der Waals surface area (Å²) in [4.78, 5) is 17.9. The van der Waals surface area contributed by atoms with Crippen LogP contribution in [0.4, 0.5) is 0 Å². The number of likely N-dealkylation sites (tertiary alicyclic amines) is 1. The summed E-state index contributed by atoms with van der Waals surface area (Å²) in [5, 5.41) is 6.67. The normalized spacial score (nSPS) is 15.0. The van der Waals surface area contributed by atoms with Gasteiger partial charge >= 0.3 is 0 Å². The van der Waals surface area contributed by atoms with E-state index in [1.165, 1.54) is 30.4 Å². The van der Waals surface area contributed by atoms with Crippen LogP contribution in [0.2, 0.25) is 0 Å². The summed E-state index contributed by atoms with van der Waals surface area (Å²) in [7, 11) is 1.80. The van der Waals surface area contributed by atoms with Crippen LogP contribution in [0.1, 0.15) is 50.2 Å². The minimum absolute atomic E-state index is 0.277. The second kappa shape index (κ2) is 9.96. The van der Waals surface area contributed by atoms with E-state index >= 15 is 0 Å². The fraction of sp³-hybridized carbons (Fsp3) is 0.579. The summed E-state index contributed by atoms with van der Waals surface area (Å²) in [5.74, 6) is 1.12. The highest BCUT2D eigenvalue weighted by Gasteiger charge is 2.19. The van der Waals surface area contributed by atoms with Crippen molar-refractivity contribution in [3.63, 3.8) is 0 Å². The molecule has 0 radical (unpaired) electrons. The van der Waals surface area contributed by atoms with Gasteiger partial charge in [-0.25, -0.2) is 0 Å². The predicted molar refractivity (Wildman–Crippen MR) is 98.8 cm³/mol.